The predicted molar refractivity (Wildman–Crippen MR) is 107 cm³/mol. The summed E-state index contributed by atoms with van der Waals surface area (Å²) in [6, 6.07) is 13.2. The van der Waals surface area contributed by atoms with E-state index in [1.165, 1.54) is 5.57 Å². The van der Waals surface area contributed by atoms with Gasteiger partial charge in [-0.15, -0.1) is 0 Å². The zero-order chi connectivity index (χ0) is 19.7. The summed E-state index contributed by atoms with van der Waals surface area (Å²) in [5.74, 6) is 1.61. The molecule has 28 heavy (non-hydrogen) atoms. The van der Waals surface area contributed by atoms with Gasteiger partial charge < -0.3 is 13.9 Å². The number of furan rings is 1. The molecule has 4 rings (SSSR count). The highest BCUT2D eigenvalue weighted by Crippen LogP contribution is 2.56. The number of benzene rings is 1. The van der Waals surface area contributed by atoms with Crippen molar-refractivity contribution in [3.63, 3.8) is 0 Å². The lowest BCUT2D eigenvalue weighted by Gasteiger charge is -2.54. The van der Waals surface area contributed by atoms with E-state index in [0.717, 1.165) is 11.4 Å². The van der Waals surface area contributed by atoms with Gasteiger partial charge in [0.1, 0.15) is 18.5 Å². The average molecular weight is 381 g/mol. The summed E-state index contributed by atoms with van der Waals surface area (Å²) in [4.78, 5) is 12.3. The fourth-order valence-corrected chi connectivity index (χ4v) is 4.84. The molecule has 2 bridgehead atoms. The minimum absolute atomic E-state index is 0.0972. The van der Waals surface area contributed by atoms with E-state index >= 15 is 0 Å². The predicted octanol–water partition coefficient (Wildman–Crippen LogP) is 5.43. The number of fused-ring (bicyclic) bond motifs is 2. The SMILES string of the molecule is CC1=C[C@@H](C)[C@]2(COC(=O)Nc3ccccc3)CO[C@H](c3ccco3)[C@H]1[C@H]2C. The number of ether oxygens (including phenoxy) is 2. The van der Waals surface area contributed by atoms with Crippen molar-refractivity contribution in [2.45, 2.75) is 26.9 Å². The summed E-state index contributed by atoms with van der Waals surface area (Å²) < 4.78 is 17.6. The Kier molecular flexibility index (Phi) is 5.02. The summed E-state index contributed by atoms with van der Waals surface area (Å²) in [5, 5.41) is 2.79. The van der Waals surface area contributed by atoms with Gasteiger partial charge in [-0.2, -0.15) is 0 Å². The molecule has 2 aliphatic rings. The Bertz CT molecular complexity index is 845. The molecule has 5 nitrogen and oxygen atoms in total. The molecule has 1 aromatic heterocycles. The van der Waals surface area contributed by atoms with Crippen LogP contribution in [-0.2, 0) is 9.47 Å². The molecule has 1 aliphatic heterocycles. The van der Waals surface area contributed by atoms with Gasteiger partial charge in [0, 0.05) is 17.0 Å². The van der Waals surface area contributed by atoms with E-state index in [0.29, 0.717) is 19.1 Å². The number of carbonyl (C=O) groups is 1. The molecule has 1 aliphatic carbocycles. The summed E-state index contributed by atoms with van der Waals surface area (Å²) in [6.45, 7) is 7.44. The van der Waals surface area contributed by atoms with Crippen LogP contribution < -0.4 is 5.32 Å². The monoisotopic (exact) mass is 381 g/mol. The van der Waals surface area contributed by atoms with Gasteiger partial charge in [-0.1, -0.05) is 43.7 Å². The van der Waals surface area contributed by atoms with Crippen LogP contribution in [0, 0.1) is 23.2 Å². The highest BCUT2D eigenvalue weighted by Gasteiger charge is 2.55. The third-order valence-electron chi connectivity index (χ3n) is 6.56. The van der Waals surface area contributed by atoms with Crippen LogP contribution >= 0.6 is 0 Å². The molecule has 1 N–H and O–H groups in total. The van der Waals surface area contributed by atoms with E-state index in [1.807, 2.05) is 42.5 Å². The highest BCUT2D eigenvalue weighted by molar-refractivity contribution is 5.84. The lowest BCUT2D eigenvalue weighted by atomic mass is 9.56. The maximum absolute atomic E-state index is 12.3. The molecule has 1 amide bonds. The van der Waals surface area contributed by atoms with Crippen LogP contribution in [0.15, 0.2) is 64.8 Å². The van der Waals surface area contributed by atoms with E-state index < -0.39 is 6.09 Å². The van der Waals surface area contributed by atoms with Gasteiger partial charge in [0.15, 0.2) is 0 Å². The van der Waals surface area contributed by atoms with Crippen molar-refractivity contribution in [2.24, 2.45) is 23.2 Å². The first-order chi connectivity index (χ1) is 13.5. The van der Waals surface area contributed by atoms with E-state index in [9.17, 15) is 4.79 Å². The largest absolute Gasteiger partial charge is 0.467 e. The van der Waals surface area contributed by atoms with Gasteiger partial charge in [0.25, 0.3) is 0 Å². The van der Waals surface area contributed by atoms with Crippen LogP contribution in [0.1, 0.15) is 32.6 Å². The first-order valence-corrected chi connectivity index (χ1v) is 9.83. The van der Waals surface area contributed by atoms with Crippen molar-refractivity contribution in [2.75, 3.05) is 18.5 Å². The second-order valence-electron chi connectivity index (χ2n) is 8.06. The third-order valence-corrected chi connectivity index (χ3v) is 6.56. The third kappa shape index (κ3) is 3.24. The number of rotatable bonds is 4. The number of allylic oxidation sites excluding steroid dienone is 1. The van der Waals surface area contributed by atoms with E-state index in [-0.39, 0.29) is 23.4 Å². The molecule has 5 heteroatoms. The number of hydrogen-bond acceptors (Lipinski definition) is 4. The summed E-state index contributed by atoms with van der Waals surface area (Å²) in [6.07, 6.45) is 3.46. The average Bonchev–Trinajstić information content (AvgIpc) is 3.21. The number of para-hydroxylation sites is 1. The molecular formula is C23H27NO4. The molecule has 148 valence electrons. The van der Waals surface area contributed by atoms with Crippen LogP contribution in [0.4, 0.5) is 10.5 Å². The molecule has 5 atom stereocenters. The van der Waals surface area contributed by atoms with E-state index in [4.69, 9.17) is 13.9 Å². The van der Waals surface area contributed by atoms with Gasteiger partial charge in [-0.25, -0.2) is 4.79 Å². The first kappa shape index (κ1) is 18.8. The summed E-state index contributed by atoms with van der Waals surface area (Å²) in [5.41, 5.74) is 1.79. The Balaban J connectivity index is 1.51. The fraction of sp³-hybridized carbons (Fsp3) is 0.435. The normalized spacial score (nSPS) is 31.8. The van der Waals surface area contributed by atoms with Gasteiger partial charge in [0.05, 0.1) is 12.9 Å². The van der Waals surface area contributed by atoms with Crippen molar-refractivity contribution in [1.29, 1.82) is 0 Å². The molecule has 1 aromatic carbocycles. The zero-order valence-electron chi connectivity index (χ0n) is 16.6. The summed E-state index contributed by atoms with van der Waals surface area (Å²) >= 11 is 0. The molecular weight excluding hydrogens is 354 g/mol. The lowest BCUT2D eigenvalue weighted by Crippen LogP contribution is -2.54. The van der Waals surface area contributed by atoms with Crippen LogP contribution in [-0.4, -0.2) is 19.3 Å². The van der Waals surface area contributed by atoms with Crippen molar-refractivity contribution >= 4 is 11.8 Å². The fourth-order valence-electron chi connectivity index (χ4n) is 4.84. The zero-order valence-corrected chi connectivity index (χ0v) is 16.6. The first-order valence-electron chi connectivity index (χ1n) is 9.83. The number of anilines is 1. The minimum atomic E-state index is -0.434. The smallest absolute Gasteiger partial charge is 0.411 e. The van der Waals surface area contributed by atoms with Crippen molar-refractivity contribution in [3.05, 3.63) is 66.1 Å². The molecule has 1 saturated heterocycles. The Morgan fingerprint density at radius 1 is 1.21 bits per heavy atom. The molecule has 0 unspecified atom stereocenters. The molecule has 2 heterocycles. The Labute approximate surface area is 165 Å². The quantitative estimate of drug-likeness (QED) is 0.717. The van der Waals surface area contributed by atoms with Gasteiger partial charge in [0.2, 0.25) is 0 Å². The van der Waals surface area contributed by atoms with Gasteiger partial charge in [-0.3, -0.25) is 5.32 Å². The van der Waals surface area contributed by atoms with Crippen LogP contribution in [0.3, 0.4) is 0 Å². The summed E-state index contributed by atoms with van der Waals surface area (Å²) in [7, 11) is 0. The molecule has 0 radical (unpaired) electrons. The van der Waals surface area contributed by atoms with Gasteiger partial charge in [-0.05, 0) is 43.0 Å². The maximum atomic E-state index is 12.3. The Morgan fingerprint density at radius 3 is 2.71 bits per heavy atom. The van der Waals surface area contributed by atoms with E-state index in [1.54, 1.807) is 6.26 Å². The molecule has 2 aromatic rings. The van der Waals surface area contributed by atoms with E-state index in [2.05, 4.69) is 32.2 Å². The van der Waals surface area contributed by atoms with Crippen molar-refractivity contribution in [3.8, 4) is 0 Å². The topological polar surface area (TPSA) is 60.7 Å². The minimum Gasteiger partial charge on any atom is -0.467 e. The molecule has 0 saturated carbocycles. The lowest BCUT2D eigenvalue weighted by molar-refractivity contribution is -0.169. The molecule has 0 spiro atoms. The number of hydrogen-bond donors (Lipinski definition) is 1. The number of amides is 1. The number of carbonyl (C=O) groups excluding carboxylic acids is 1. The van der Waals surface area contributed by atoms with Gasteiger partial charge >= 0.3 is 6.09 Å². The van der Waals surface area contributed by atoms with Crippen LogP contribution in [0.25, 0.3) is 0 Å². The van der Waals surface area contributed by atoms with Crippen molar-refractivity contribution < 1.29 is 18.7 Å². The standard InChI is InChI=1S/C23H27NO4/c1-15-12-16(2)23(14-28-22(25)24-18-8-5-4-6-9-18)13-27-21(20(15)17(23)3)19-10-7-11-26-19/h4-12,16-17,20-21H,13-14H2,1-3H3,(H,24,25)/t16-,17-,20-,21-,23-/m1/s1. The highest BCUT2D eigenvalue weighted by atomic mass is 16.6. The second-order valence-corrected chi connectivity index (χ2v) is 8.06. The maximum Gasteiger partial charge on any atom is 0.411 e. The molecule has 1 fully saturated rings. The Morgan fingerprint density at radius 2 is 2.00 bits per heavy atom. The van der Waals surface area contributed by atoms with Crippen LogP contribution in [0.5, 0.6) is 0 Å². The van der Waals surface area contributed by atoms with Crippen molar-refractivity contribution in [1.82, 2.24) is 0 Å². The second kappa shape index (κ2) is 7.47. The number of nitrogens with one attached hydrogen (secondary N) is 1. The Hall–Kier alpha value is -2.53. The van der Waals surface area contributed by atoms with Crippen LogP contribution in [0.2, 0.25) is 0 Å².